The fourth-order valence-corrected chi connectivity index (χ4v) is 2.41. The summed E-state index contributed by atoms with van der Waals surface area (Å²) in [7, 11) is 0. The van der Waals surface area contributed by atoms with Crippen LogP contribution in [0.25, 0.3) is 11.0 Å². The molecule has 2 aromatic heterocycles. The van der Waals surface area contributed by atoms with E-state index < -0.39 is 6.10 Å². The van der Waals surface area contributed by atoms with Crippen molar-refractivity contribution in [2.45, 2.75) is 19.4 Å². The van der Waals surface area contributed by atoms with Crippen LogP contribution < -0.4 is 0 Å². The van der Waals surface area contributed by atoms with Gasteiger partial charge in [0.1, 0.15) is 17.4 Å². The summed E-state index contributed by atoms with van der Waals surface area (Å²) in [5, 5.41) is 11.3. The van der Waals surface area contributed by atoms with E-state index in [4.69, 9.17) is 4.42 Å². The Balaban J connectivity index is 1.84. The SMILES string of the molecule is Cc1ccc2oc(C(O)Cc3ccc(Br)cn3)cc2c1. The minimum absolute atomic E-state index is 0.437. The Bertz CT molecular complexity index is 734. The number of aryl methyl sites for hydroxylation is 1. The molecule has 0 fully saturated rings. The van der Waals surface area contributed by atoms with E-state index in [9.17, 15) is 5.11 Å². The van der Waals surface area contributed by atoms with Crippen molar-refractivity contribution >= 4 is 26.9 Å². The fourth-order valence-electron chi connectivity index (χ4n) is 2.17. The smallest absolute Gasteiger partial charge is 0.134 e. The third-order valence-corrected chi connectivity index (χ3v) is 3.68. The maximum absolute atomic E-state index is 10.3. The molecule has 4 heteroatoms. The van der Waals surface area contributed by atoms with Gasteiger partial charge in [-0.2, -0.15) is 0 Å². The van der Waals surface area contributed by atoms with E-state index in [1.165, 1.54) is 5.56 Å². The molecule has 0 aliphatic rings. The van der Waals surface area contributed by atoms with Crippen molar-refractivity contribution in [2.75, 3.05) is 0 Å². The summed E-state index contributed by atoms with van der Waals surface area (Å²) in [4.78, 5) is 4.26. The van der Waals surface area contributed by atoms with Crippen LogP contribution in [0.3, 0.4) is 0 Å². The van der Waals surface area contributed by atoms with Gasteiger partial charge in [-0.25, -0.2) is 0 Å². The number of aliphatic hydroxyl groups excluding tert-OH is 1. The Morgan fingerprint density at radius 2 is 2.10 bits per heavy atom. The number of pyridine rings is 1. The Morgan fingerprint density at radius 1 is 1.25 bits per heavy atom. The third-order valence-electron chi connectivity index (χ3n) is 3.21. The number of nitrogens with zero attached hydrogens (tertiary/aromatic N) is 1. The monoisotopic (exact) mass is 331 g/mol. The van der Waals surface area contributed by atoms with Gasteiger partial charge in [0.25, 0.3) is 0 Å². The van der Waals surface area contributed by atoms with Crippen molar-refractivity contribution in [1.82, 2.24) is 4.98 Å². The number of hydrogen-bond acceptors (Lipinski definition) is 3. The maximum Gasteiger partial charge on any atom is 0.134 e. The van der Waals surface area contributed by atoms with Gasteiger partial charge in [0.05, 0.1) is 0 Å². The van der Waals surface area contributed by atoms with Gasteiger partial charge in [0.15, 0.2) is 0 Å². The van der Waals surface area contributed by atoms with Crippen molar-refractivity contribution in [3.05, 3.63) is 64.1 Å². The number of halogens is 1. The molecule has 0 amide bonds. The molecular formula is C16H14BrNO2. The standard InChI is InChI=1S/C16H14BrNO2/c1-10-2-5-15-11(6-10)7-16(20-15)14(19)8-13-4-3-12(17)9-18-13/h2-7,9,14,19H,8H2,1H3. The molecule has 0 spiro atoms. The van der Waals surface area contributed by atoms with E-state index in [1.807, 2.05) is 43.3 Å². The average molecular weight is 332 g/mol. The number of furan rings is 1. The quantitative estimate of drug-likeness (QED) is 0.783. The van der Waals surface area contributed by atoms with Gasteiger partial charge in [0.2, 0.25) is 0 Å². The molecular weight excluding hydrogens is 318 g/mol. The molecule has 1 aromatic carbocycles. The van der Waals surface area contributed by atoms with Crippen molar-refractivity contribution in [3.8, 4) is 0 Å². The molecule has 0 aliphatic carbocycles. The average Bonchev–Trinajstić information content (AvgIpc) is 2.84. The van der Waals surface area contributed by atoms with Gasteiger partial charge in [-0.05, 0) is 53.2 Å². The van der Waals surface area contributed by atoms with E-state index in [0.29, 0.717) is 12.2 Å². The number of aromatic nitrogens is 1. The molecule has 0 aliphatic heterocycles. The van der Waals surface area contributed by atoms with Gasteiger partial charge in [-0.3, -0.25) is 4.98 Å². The largest absolute Gasteiger partial charge is 0.458 e. The highest BCUT2D eigenvalue weighted by Crippen LogP contribution is 2.26. The van der Waals surface area contributed by atoms with Crippen LogP contribution in [0.4, 0.5) is 0 Å². The first-order valence-electron chi connectivity index (χ1n) is 6.40. The first-order chi connectivity index (χ1) is 9.61. The molecule has 0 radical (unpaired) electrons. The van der Waals surface area contributed by atoms with Gasteiger partial charge >= 0.3 is 0 Å². The molecule has 102 valence electrons. The molecule has 2 heterocycles. The molecule has 3 aromatic rings. The van der Waals surface area contributed by atoms with Crippen LogP contribution in [-0.2, 0) is 6.42 Å². The highest BCUT2D eigenvalue weighted by atomic mass is 79.9. The molecule has 0 saturated heterocycles. The Labute approximate surface area is 125 Å². The fraction of sp³-hybridized carbons (Fsp3) is 0.188. The molecule has 0 bridgehead atoms. The number of aliphatic hydroxyl groups is 1. The second-order valence-corrected chi connectivity index (χ2v) is 5.79. The maximum atomic E-state index is 10.3. The van der Waals surface area contributed by atoms with Crippen LogP contribution in [0.15, 0.2) is 51.5 Å². The summed E-state index contributed by atoms with van der Waals surface area (Å²) in [6.07, 6.45) is 1.48. The summed E-state index contributed by atoms with van der Waals surface area (Å²) < 4.78 is 6.62. The zero-order valence-corrected chi connectivity index (χ0v) is 12.6. The number of rotatable bonds is 3. The van der Waals surface area contributed by atoms with Crippen LogP contribution >= 0.6 is 15.9 Å². The second-order valence-electron chi connectivity index (χ2n) is 4.88. The summed E-state index contributed by atoms with van der Waals surface area (Å²) in [6.45, 7) is 2.04. The van der Waals surface area contributed by atoms with E-state index in [2.05, 4.69) is 20.9 Å². The Hall–Kier alpha value is -1.65. The van der Waals surface area contributed by atoms with E-state index >= 15 is 0 Å². The molecule has 3 rings (SSSR count). The zero-order chi connectivity index (χ0) is 14.1. The van der Waals surface area contributed by atoms with Crippen LogP contribution in [0, 0.1) is 6.92 Å². The van der Waals surface area contributed by atoms with Crippen LogP contribution in [0.2, 0.25) is 0 Å². The van der Waals surface area contributed by atoms with E-state index in [-0.39, 0.29) is 0 Å². The van der Waals surface area contributed by atoms with Gasteiger partial charge in [-0.1, -0.05) is 11.6 Å². The lowest BCUT2D eigenvalue weighted by Crippen LogP contribution is -2.01. The highest BCUT2D eigenvalue weighted by Gasteiger charge is 2.14. The molecule has 1 atom stereocenters. The van der Waals surface area contributed by atoms with Gasteiger partial charge in [0, 0.05) is 28.2 Å². The summed E-state index contributed by atoms with van der Waals surface area (Å²) in [5.74, 6) is 0.579. The predicted molar refractivity (Wildman–Crippen MR) is 81.6 cm³/mol. The second kappa shape index (κ2) is 5.38. The van der Waals surface area contributed by atoms with Gasteiger partial charge < -0.3 is 9.52 Å². The van der Waals surface area contributed by atoms with E-state index in [1.54, 1.807) is 6.20 Å². The van der Waals surface area contributed by atoms with Crippen LogP contribution in [-0.4, -0.2) is 10.1 Å². The number of hydrogen-bond donors (Lipinski definition) is 1. The summed E-state index contributed by atoms with van der Waals surface area (Å²) >= 11 is 3.34. The first kappa shape index (κ1) is 13.3. The first-order valence-corrected chi connectivity index (χ1v) is 7.20. The number of fused-ring (bicyclic) bond motifs is 1. The van der Waals surface area contributed by atoms with Crippen molar-refractivity contribution in [1.29, 1.82) is 0 Å². The highest BCUT2D eigenvalue weighted by molar-refractivity contribution is 9.10. The van der Waals surface area contributed by atoms with Crippen molar-refractivity contribution in [3.63, 3.8) is 0 Å². The zero-order valence-electron chi connectivity index (χ0n) is 11.0. The minimum Gasteiger partial charge on any atom is -0.458 e. The normalized spacial score (nSPS) is 12.8. The van der Waals surface area contributed by atoms with Crippen LogP contribution in [0.5, 0.6) is 0 Å². The lowest BCUT2D eigenvalue weighted by molar-refractivity contribution is 0.151. The van der Waals surface area contributed by atoms with E-state index in [0.717, 1.165) is 21.1 Å². The lowest BCUT2D eigenvalue weighted by atomic mass is 10.1. The molecule has 0 saturated carbocycles. The van der Waals surface area contributed by atoms with Crippen molar-refractivity contribution in [2.24, 2.45) is 0 Å². The van der Waals surface area contributed by atoms with Crippen molar-refractivity contribution < 1.29 is 9.52 Å². The molecule has 1 N–H and O–H groups in total. The summed E-state index contributed by atoms with van der Waals surface area (Å²) in [5.41, 5.74) is 2.81. The third kappa shape index (κ3) is 2.76. The summed E-state index contributed by atoms with van der Waals surface area (Å²) in [6, 6.07) is 11.7. The Kier molecular flexibility index (Phi) is 3.59. The molecule has 20 heavy (non-hydrogen) atoms. The topological polar surface area (TPSA) is 46.3 Å². The van der Waals surface area contributed by atoms with Crippen LogP contribution in [0.1, 0.15) is 23.1 Å². The predicted octanol–water partition coefficient (Wildman–Crippen LogP) is 4.17. The Morgan fingerprint density at radius 3 is 2.85 bits per heavy atom. The van der Waals surface area contributed by atoms with Gasteiger partial charge in [-0.15, -0.1) is 0 Å². The lowest BCUT2D eigenvalue weighted by Gasteiger charge is -2.06. The molecule has 3 nitrogen and oxygen atoms in total. The minimum atomic E-state index is -0.684. The molecule has 1 unspecified atom stereocenters. The number of benzene rings is 1.